The van der Waals surface area contributed by atoms with Gasteiger partial charge in [0.2, 0.25) is 0 Å². The van der Waals surface area contributed by atoms with Gasteiger partial charge in [0.15, 0.2) is 6.61 Å². The van der Waals surface area contributed by atoms with E-state index in [2.05, 4.69) is 0 Å². The third-order valence-corrected chi connectivity index (χ3v) is 4.97. The van der Waals surface area contributed by atoms with E-state index >= 15 is 0 Å². The van der Waals surface area contributed by atoms with Crippen LogP contribution < -0.4 is 4.74 Å². The largest absolute Gasteiger partial charge is 0.491 e. The van der Waals surface area contributed by atoms with Crippen molar-refractivity contribution in [3.63, 3.8) is 0 Å². The molecule has 0 spiro atoms. The number of rotatable bonds is 5. The first-order valence-corrected chi connectivity index (χ1v) is 9.18. The van der Waals surface area contributed by atoms with Crippen LogP contribution in [0.25, 0.3) is 0 Å². The van der Waals surface area contributed by atoms with Crippen molar-refractivity contribution in [2.45, 2.75) is 32.9 Å². The van der Waals surface area contributed by atoms with Crippen LogP contribution >= 0.6 is 11.3 Å². The first-order valence-electron chi connectivity index (χ1n) is 8.30. The molecule has 0 fully saturated rings. The first-order chi connectivity index (χ1) is 12.0. The molecule has 1 aliphatic heterocycles. The number of carbonyl (C=O) groups is 2. The molecule has 0 aliphatic carbocycles. The molecule has 132 valence electrons. The van der Waals surface area contributed by atoms with Crippen LogP contribution in [0.1, 0.15) is 34.6 Å². The number of benzene rings is 1. The molecule has 0 radical (unpaired) electrons. The molecule has 0 unspecified atom stereocenters. The molecule has 1 amide bonds. The molecule has 0 atom stereocenters. The van der Waals surface area contributed by atoms with Crippen molar-refractivity contribution in [3.05, 3.63) is 51.7 Å². The predicted molar refractivity (Wildman–Crippen MR) is 95.9 cm³/mol. The molecular weight excluding hydrogens is 338 g/mol. The summed E-state index contributed by atoms with van der Waals surface area (Å²) in [5.74, 6) is 0.0325. The summed E-state index contributed by atoms with van der Waals surface area (Å²) in [5.41, 5.74) is 1.60. The molecular formula is C19H21NO4S. The molecule has 0 saturated heterocycles. The van der Waals surface area contributed by atoms with Gasteiger partial charge >= 0.3 is 5.97 Å². The average Bonchev–Trinajstić information content (AvgIpc) is 3.07. The van der Waals surface area contributed by atoms with E-state index in [9.17, 15) is 9.59 Å². The van der Waals surface area contributed by atoms with Gasteiger partial charge in [0.05, 0.1) is 11.7 Å². The molecule has 5 nitrogen and oxygen atoms in total. The number of amides is 1. The molecule has 1 aromatic carbocycles. The smallest absolute Gasteiger partial charge is 0.338 e. The maximum Gasteiger partial charge on any atom is 0.338 e. The van der Waals surface area contributed by atoms with E-state index in [0.717, 1.165) is 6.42 Å². The molecule has 0 saturated carbocycles. The van der Waals surface area contributed by atoms with Gasteiger partial charge in [0.1, 0.15) is 5.75 Å². The molecule has 3 rings (SSSR count). The maximum atomic E-state index is 12.3. The minimum atomic E-state index is -0.502. The summed E-state index contributed by atoms with van der Waals surface area (Å²) in [7, 11) is 0. The molecule has 6 heteroatoms. The van der Waals surface area contributed by atoms with Gasteiger partial charge in [-0.2, -0.15) is 0 Å². The number of hydrogen-bond acceptors (Lipinski definition) is 5. The second kappa shape index (κ2) is 7.70. The summed E-state index contributed by atoms with van der Waals surface area (Å²) in [6.07, 6.45) is 0.938. The van der Waals surface area contributed by atoms with Crippen molar-refractivity contribution in [3.8, 4) is 5.75 Å². The molecule has 0 N–H and O–H groups in total. The monoisotopic (exact) mass is 359 g/mol. The summed E-state index contributed by atoms with van der Waals surface area (Å²) in [6, 6.07) is 8.78. The van der Waals surface area contributed by atoms with Crippen LogP contribution in [0.2, 0.25) is 0 Å². The van der Waals surface area contributed by atoms with Crippen molar-refractivity contribution < 1.29 is 19.1 Å². The highest BCUT2D eigenvalue weighted by Gasteiger charge is 2.22. The Hall–Kier alpha value is -2.34. The standard InChI is InChI=1S/C19H21NO4S/c1-13(2)24-16-5-3-14(4-6-16)19(22)23-12-18(21)20-9-7-17-15(11-20)8-10-25-17/h3-6,8,10,13H,7,9,11-12H2,1-2H3. The number of ether oxygens (including phenoxy) is 2. The van der Waals surface area contributed by atoms with E-state index in [1.807, 2.05) is 25.3 Å². The third-order valence-electron chi connectivity index (χ3n) is 3.95. The summed E-state index contributed by atoms with van der Waals surface area (Å²) < 4.78 is 10.7. The van der Waals surface area contributed by atoms with E-state index in [4.69, 9.17) is 9.47 Å². The Bertz CT molecular complexity index is 751. The van der Waals surface area contributed by atoms with E-state index in [1.165, 1.54) is 10.4 Å². The van der Waals surface area contributed by atoms with Gasteiger partial charge in [-0.15, -0.1) is 11.3 Å². The summed E-state index contributed by atoms with van der Waals surface area (Å²) in [6.45, 7) is 4.91. The van der Waals surface area contributed by atoms with E-state index in [1.54, 1.807) is 40.5 Å². The van der Waals surface area contributed by atoms with Gasteiger partial charge in [0.25, 0.3) is 5.91 Å². The van der Waals surface area contributed by atoms with Gasteiger partial charge in [0, 0.05) is 18.0 Å². The topological polar surface area (TPSA) is 55.8 Å². The minimum absolute atomic E-state index is 0.0729. The van der Waals surface area contributed by atoms with Crippen LogP contribution in [0.15, 0.2) is 35.7 Å². The highest BCUT2D eigenvalue weighted by molar-refractivity contribution is 7.10. The maximum absolute atomic E-state index is 12.3. The van der Waals surface area contributed by atoms with Crippen LogP contribution in [0.4, 0.5) is 0 Å². The highest BCUT2D eigenvalue weighted by atomic mass is 32.1. The van der Waals surface area contributed by atoms with Crippen molar-refractivity contribution in [1.29, 1.82) is 0 Å². The second-order valence-electron chi connectivity index (χ2n) is 6.20. The van der Waals surface area contributed by atoms with Crippen molar-refractivity contribution >= 4 is 23.2 Å². The quantitative estimate of drug-likeness (QED) is 0.769. The fourth-order valence-electron chi connectivity index (χ4n) is 2.71. The Morgan fingerprint density at radius 1 is 1.20 bits per heavy atom. The van der Waals surface area contributed by atoms with Crippen molar-refractivity contribution in [2.24, 2.45) is 0 Å². The fourth-order valence-corrected chi connectivity index (χ4v) is 3.59. The zero-order valence-electron chi connectivity index (χ0n) is 14.4. The molecule has 0 bridgehead atoms. The number of esters is 1. The number of thiophene rings is 1. The molecule has 1 aliphatic rings. The van der Waals surface area contributed by atoms with Gasteiger partial charge in [-0.05, 0) is 61.5 Å². The summed E-state index contributed by atoms with van der Waals surface area (Å²) >= 11 is 1.73. The van der Waals surface area contributed by atoms with Crippen molar-refractivity contribution in [1.82, 2.24) is 4.90 Å². The van der Waals surface area contributed by atoms with Crippen LogP contribution in [0.3, 0.4) is 0 Å². The van der Waals surface area contributed by atoms with Gasteiger partial charge < -0.3 is 14.4 Å². The van der Waals surface area contributed by atoms with E-state index in [0.29, 0.717) is 24.4 Å². The van der Waals surface area contributed by atoms with E-state index < -0.39 is 5.97 Å². The molecule has 1 aromatic heterocycles. The average molecular weight is 359 g/mol. The lowest BCUT2D eigenvalue weighted by Gasteiger charge is -2.26. The summed E-state index contributed by atoms with van der Waals surface area (Å²) in [4.78, 5) is 27.4. The normalized spacial score (nSPS) is 13.5. The lowest BCUT2D eigenvalue weighted by molar-refractivity contribution is -0.135. The second-order valence-corrected chi connectivity index (χ2v) is 7.20. The molecule has 2 heterocycles. The van der Waals surface area contributed by atoms with Gasteiger partial charge in [-0.3, -0.25) is 4.79 Å². The zero-order valence-corrected chi connectivity index (χ0v) is 15.2. The minimum Gasteiger partial charge on any atom is -0.491 e. The highest BCUT2D eigenvalue weighted by Crippen LogP contribution is 2.24. The summed E-state index contributed by atoms with van der Waals surface area (Å²) in [5, 5.41) is 2.05. The van der Waals surface area contributed by atoms with Crippen LogP contribution in [-0.2, 0) is 22.5 Å². The third kappa shape index (κ3) is 4.39. The van der Waals surface area contributed by atoms with Gasteiger partial charge in [-0.25, -0.2) is 4.79 Å². The van der Waals surface area contributed by atoms with Crippen LogP contribution in [0.5, 0.6) is 5.75 Å². The fraction of sp³-hybridized carbons (Fsp3) is 0.368. The SMILES string of the molecule is CC(C)Oc1ccc(C(=O)OCC(=O)N2CCc3sccc3C2)cc1. The Morgan fingerprint density at radius 2 is 1.96 bits per heavy atom. The number of nitrogens with zero attached hydrogens (tertiary/aromatic N) is 1. The van der Waals surface area contributed by atoms with Crippen molar-refractivity contribution in [2.75, 3.05) is 13.2 Å². The lowest BCUT2D eigenvalue weighted by atomic mass is 10.1. The number of fused-ring (bicyclic) bond motifs is 1. The van der Waals surface area contributed by atoms with Crippen LogP contribution in [-0.4, -0.2) is 36.0 Å². The van der Waals surface area contributed by atoms with Gasteiger partial charge in [-0.1, -0.05) is 0 Å². The predicted octanol–water partition coefficient (Wildman–Crippen LogP) is 3.28. The Kier molecular flexibility index (Phi) is 5.38. The zero-order chi connectivity index (χ0) is 17.8. The Labute approximate surface area is 151 Å². The Morgan fingerprint density at radius 3 is 2.68 bits per heavy atom. The lowest BCUT2D eigenvalue weighted by Crippen LogP contribution is -2.38. The number of carbonyl (C=O) groups excluding carboxylic acids is 2. The van der Waals surface area contributed by atoms with Crippen LogP contribution in [0, 0.1) is 0 Å². The first kappa shape index (κ1) is 17.5. The molecule has 25 heavy (non-hydrogen) atoms. The number of hydrogen-bond donors (Lipinski definition) is 0. The Balaban J connectivity index is 1.51. The molecule has 2 aromatic rings. The van der Waals surface area contributed by atoms with E-state index in [-0.39, 0.29) is 18.6 Å².